The Balaban J connectivity index is 2.16. The van der Waals surface area contributed by atoms with Crippen molar-refractivity contribution in [3.05, 3.63) is 77.5 Å². The van der Waals surface area contributed by atoms with Crippen molar-refractivity contribution >= 4 is 21.9 Å². The molecular formula is C19H18O6S. The van der Waals surface area contributed by atoms with Crippen LogP contribution in [0.25, 0.3) is 5.57 Å². The van der Waals surface area contributed by atoms with Crippen molar-refractivity contribution in [1.82, 2.24) is 0 Å². The van der Waals surface area contributed by atoms with Gasteiger partial charge in [-0.1, -0.05) is 60.7 Å². The first-order valence-corrected chi connectivity index (χ1v) is 9.40. The highest BCUT2D eigenvalue weighted by Crippen LogP contribution is 2.47. The van der Waals surface area contributed by atoms with Crippen molar-refractivity contribution < 1.29 is 26.7 Å². The third-order valence-electron chi connectivity index (χ3n) is 4.13. The fraction of sp³-hybridized carbons (Fsp3) is 0.211. The van der Waals surface area contributed by atoms with Crippen LogP contribution in [0.2, 0.25) is 0 Å². The summed E-state index contributed by atoms with van der Waals surface area (Å²) in [6, 6.07) is 18.7. The minimum atomic E-state index is -4.71. The summed E-state index contributed by atoms with van der Waals surface area (Å²) in [4.78, 5) is 11.6. The summed E-state index contributed by atoms with van der Waals surface area (Å²) in [6.45, 7) is 1.23. The quantitative estimate of drug-likeness (QED) is 0.638. The third-order valence-corrected chi connectivity index (χ3v) is 4.61. The van der Waals surface area contributed by atoms with Crippen LogP contribution in [0.4, 0.5) is 0 Å². The van der Waals surface area contributed by atoms with E-state index >= 15 is 0 Å². The number of esters is 1. The Morgan fingerprint density at radius 2 is 1.62 bits per heavy atom. The van der Waals surface area contributed by atoms with E-state index in [9.17, 15) is 13.2 Å². The standard InChI is InChI=1S/C19H18O6S/c1-13(20)24-19-17(25-26(21,22)23)12-16(14-8-4-2-5-9-14)18(19)15-10-6-3-7-11-15/h2-11,16-17H,12H2,1H3,(H,21,22,23)/t16-,17-/m1/s1. The molecule has 0 aliphatic heterocycles. The van der Waals surface area contributed by atoms with Crippen LogP contribution in [-0.4, -0.2) is 25.0 Å². The van der Waals surface area contributed by atoms with Crippen LogP contribution in [0.5, 0.6) is 0 Å². The summed E-state index contributed by atoms with van der Waals surface area (Å²) < 4.78 is 41.8. The Hall–Kier alpha value is -2.48. The SMILES string of the molecule is CC(=O)OC1=C(c2ccccc2)[C@@H](c2ccccc2)C[C@H]1OS(=O)(=O)O. The molecule has 3 rings (SSSR count). The van der Waals surface area contributed by atoms with Crippen LogP contribution in [0, 0.1) is 0 Å². The van der Waals surface area contributed by atoms with E-state index in [-0.39, 0.29) is 18.1 Å². The highest BCUT2D eigenvalue weighted by atomic mass is 32.3. The average molecular weight is 374 g/mol. The summed E-state index contributed by atoms with van der Waals surface area (Å²) in [7, 11) is -4.71. The molecule has 1 N–H and O–H groups in total. The van der Waals surface area contributed by atoms with E-state index in [1.165, 1.54) is 6.92 Å². The van der Waals surface area contributed by atoms with Gasteiger partial charge >= 0.3 is 16.4 Å². The second kappa shape index (κ2) is 7.41. The average Bonchev–Trinajstić information content (AvgIpc) is 2.92. The number of hydrogen-bond donors (Lipinski definition) is 1. The molecule has 0 unspecified atom stereocenters. The first-order valence-electron chi connectivity index (χ1n) is 8.03. The molecule has 1 aliphatic rings. The minimum Gasteiger partial charge on any atom is -0.428 e. The van der Waals surface area contributed by atoms with Gasteiger partial charge in [-0.05, 0) is 17.5 Å². The molecular weight excluding hydrogens is 356 g/mol. The summed E-state index contributed by atoms with van der Waals surface area (Å²) in [5, 5.41) is 0. The van der Waals surface area contributed by atoms with Crippen molar-refractivity contribution in [2.24, 2.45) is 0 Å². The Morgan fingerprint density at radius 3 is 2.15 bits per heavy atom. The molecule has 0 aromatic heterocycles. The Morgan fingerprint density at radius 1 is 1.04 bits per heavy atom. The van der Waals surface area contributed by atoms with E-state index in [0.717, 1.165) is 11.1 Å². The summed E-state index contributed by atoms with van der Waals surface area (Å²) >= 11 is 0. The van der Waals surface area contributed by atoms with Crippen molar-refractivity contribution in [1.29, 1.82) is 0 Å². The van der Waals surface area contributed by atoms with Crippen LogP contribution < -0.4 is 0 Å². The van der Waals surface area contributed by atoms with E-state index in [4.69, 9.17) is 13.5 Å². The number of allylic oxidation sites excluding steroid dienone is 1. The number of carbonyl (C=O) groups is 1. The number of rotatable bonds is 5. The molecule has 1 aliphatic carbocycles. The van der Waals surface area contributed by atoms with Gasteiger partial charge < -0.3 is 4.74 Å². The lowest BCUT2D eigenvalue weighted by Crippen LogP contribution is -2.20. The zero-order valence-electron chi connectivity index (χ0n) is 14.0. The predicted molar refractivity (Wildman–Crippen MR) is 95.3 cm³/mol. The van der Waals surface area contributed by atoms with Gasteiger partial charge in [-0.15, -0.1) is 0 Å². The normalized spacial score (nSPS) is 20.2. The molecule has 0 saturated heterocycles. The zero-order chi connectivity index (χ0) is 18.7. The molecule has 2 aromatic rings. The van der Waals surface area contributed by atoms with E-state index < -0.39 is 22.5 Å². The molecule has 0 fully saturated rings. The van der Waals surface area contributed by atoms with Crippen molar-refractivity contribution in [2.75, 3.05) is 0 Å². The van der Waals surface area contributed by atoms with Crippen LogP contribution >= 0.6 is 0 Å². The van der Waals surface area contributed by atoms with Crippen LogP contribution in [0.3, 0.4) is 0 Å². The van der Waals surface area contributed by atoms with Gasteiger partial charge in [0.1, 0.15) is 11.9 Å². The van der Waals surface area contributed by atoms with Gasteiger partial charge in [-0.3, -0.25) is 9.35 Å². The second-order valence-electron chi connectivity index (χ2n) is 5.95. The molecule has 0 saturated carbocycles. The van der Waals surface area contributed by atoms with Crippen LogP contribution in [0.1, 0.15) is 30.4 Å². The molecule has 6 nitrogen and oxygen atoms in total. The van der Waals surface area contributed by atoms with Crippen molar-refractivity contribution in [3.8, 4) is 0 Å². The van der Waals surface area contributed by atoms with Gasteiger partial charge in [-0.25, -0.2) is 4.18 Å². The molecule has 0 amide bonds. The van der Waals surface area contributed by atoms with Gasteiger partial charge in [-0.2, -0.15) is 8.42 Å². The van der Waals surface area contributed by atoms with Crippen LogP contribution in [-0.2, 0) is 24.1 Å². The third kappa shape index (κ3) is 4.19. The van der Waals surface area contributed by atoms with Crippen molar-refractivity contribution in [3.63, 3.8) is 0 Å². The van der Waals surface area contributed by atoms with E-state index in [1.54, 1.807) is 0 Å². The number of carbonyl (C=O) groups excluding carboxylic acids is 1. The summed E-state index contributed by atoms with van der Waals surface area (Å²) in [6.07, 6.45) is -0.870. The molecule has 2 aromatic carbocycles. The molecule has 0 heterocycles. The Kier molecular flexibility index (Phi) is 5.22. The predicted octanol–water partition coefficient (Wildman–Crippen LogP) is 3.34. The van der Waals surface area contributed by atoms with E-state index in [2.05, 4.69) is 0 Å². The van der Waals surface area contributed by atoms with E-state index in [1.807, 2.05) is 60.7 Å². The maximum absolute atomic E-state index is 11.6. The summed E-state index contributed by atoms with van der Waals surface area (Å²) in [5.74, 6) is -0.735. The maximum atomic E-state index is 11.6. The largest absolute Gasteiger partial charge is 0.428 e. The molecule has 7 heteroatoms. The number of benzene rings is 2. The maximum Gasteiger partial charge on any atom is 0.398 e. The highest BCUT2D eigenvalue weighted by Gasteiger charge is 2.40. The lowest BCUT2D eigenvalue weighted by atomic mass is 9.88. The number of hydrogen-bond acceptors (Lipinski definition) is 5. The zero-order valence-corrected chi connectivity index (χ0v) is 14.8. The number of ether oxygens (including phenoxy) is 1. The molecule has 0 spiro atoms. The first-order chi connectivity index (χ1) is 12.3. The fourth-order valence-corrected chi connectivity index (χ4v) is 3.70. The molecule has 0 bridgehead atoms. The monoisotopic (exact) mass is 374 g/mol. The smallest absolute Gasteiger partial charge is 0.398 e. The Bertz CT molecular complexity index is 919. The first kappa shape index (κ1) is 18.3. The fourth-order valence-electron chi connectivity index (χ4n) is 3.24. The molecule has 136 valence electrons. The van der Waals surface area contributed by atoms with Gasteiger partial charge in [0.05, 0.1) is 0 Å². The molecule has 2 atom stereocenters. The van der Waals surface area contributed by atoms with Gasteiger partial charge in [0.2, 0.25) is 0 Å². The minimum absolute atomic E-state index is 0.107. The van der Waals surface area contributed by atoms with Crippen LogP contribution in [0.15, 0.2) is 66.4 Å². The van der Waals surface area contributed by atoms with Gasteiger partial charge in [0, 0.05) is 18.4 Å². The lowest BCUT2D eigenvalue weighted by Gasteiger charge is -2.16. The lowest BCUT2D eigenvalue weighted by molar-refractivity contribution is -0.138. The summed E-state index contributed by atoms with van der Waals surface area (Å²) in [5.41, 5.74) is 2.39. The van der Waals surface area contributed by atoms with Gasteiger partial charge in [0.15, 0.2) is 0 Å². The molecule has 0 radical (unpaired) electrons. The Labute approximate surface area is 152 Å². The van der Waals surface area contributed by atoms with E-state index in [0.29, 0.717) is 5.57 Å². The van der Waals surface area contributed by atoms with Gasteiger partial charge in [0.25, 0.3) is 0 Å². The van der Waals surface area contributed by atoms with Crippen molar-refractivity contribution in [2.45, 2.75) is 25.4 Å². The highest BCUT2D eigenvalue weighted by molar-refractivity contribution is 7.80. The molecule has 26 heavy (non-hydrogen) atoms. The second-order valence-corrected chi connectivity index (χ2v) is 7.00. The topological polar surface area (TPSA) is 89.9 Å².